The summed E-state index contributed by atoms with van der Waals surface area (Å²) in [6, 6.07) is 6.69. The lowest BCUT2D eigenvalue weighted by Crippen LogP contribution is -2.57. The molecule has 0 radical (unpaired) electrons. The molecule has 21 heavy (non-hydrogen) atoms. The zero-order chi connectivity index (χ0) is 15.5. The van der Waals surface area contributed by atoms with Crippen molar-refractivity contribution in [2.45, 2.75) is 57.6 Å². The number of benzene rings is 1. The maximum absolute atomic E-state index is 13.4. The first-order valence-corrected chi connectivity index (χ1v) is 7.66. The maximum Gasteiger partial charge on any atom is 0.123 e. The highest BCUT2D eigenvalue weighted by atomic mass is 19.1. The fraction of sp³-hybridized carbons (Fsp3) is 0.647. The Hall–Kier alpha value is -0.970. The average Bonchev–Trinajstić information content (AvgIpc) is 2.46. The van der Waals surface area contributed by atoms with E-state index in [1.807, 2.05) is 6.07 Å². The van der Waals surface area contributed by atoms with Gasteiger partial charge in [0.25, 0.3) is 0 Å². The van der Waals surface area contributed by atoms with E-state index in [0.29, 0.717) is 11.8 Å². The predicted molar refractivity (Wildman–Crippen MR) is 83.2 cm³/mol. The second-order valence-corrected chi connectivity index (χ2v) is 6.99. The monoisotopic (exact) mass is 294 g/mol. The van der Waals surface area contributed by atoms with Crippen molar-refractivity contribution in [3.63, 3.8) is 0 Å². The number of halogens is 1. The summed E-state index contributed by atoms with van der Waals surface area (Å²) in [5.74, 6) is 5.59. The molecule has 1 saturated carbocycles. The van der Waals surface area contributed by atoms with E-state index in [1.165, 1.54) is 6.07 Å². The van der Waals surface area contributed by atoms with Crippen molar-refractivity contribution >= 4 is 0 Å². The molecule has 0 amide bonds. The van der Waals surface area contributed by atoms with Crippen LogP contribution in [0.1, 0.15) is 45.1 Å². The van der Waals surface area contributed by atoms with Crippen LogP contribution in [0, 0.1) is 11.2 Å². The fourth-order valence-corrected chi connectivity index (χ4v) is 3.34. The summed E-state index contributed by atoms with van der Waals surface area (Å²) < 4.78 is 19.3. The van der Waals surface area contributed by atoms with Crippen LogP contribution in [0.15, 0.2) is 24.3 Å². The average molecular weight is 294 g/mol. The molecule has 1 aromatic carbocycles. The molecule has 1 aromatic rings. The lowest BCUT2D eigenvalue weighted by atomic mass is 9.67. The molecule has 1 aliphatic carbocycles. The first kappa shape index (κ1) is 16.4. The van der Waals surface area contributed by atoms with Gasteiger partial charge in [0.1, 0.15) is 5.82 Å². The summed E-state index contributed by atoms with van der Waals surface area (Å²) in [4.78, 5) is 0. The molecule has 2 rings (SSSR count). The fourth-order valence-electron chi connectivity index (χ4n) is 3.34. The van der Waals surface area contributed by atoms with E-state index in [0.717, 1.165) is 31.2 Å². The second kappa shape index (κ2) is 6.42. The predicted octanol–water partition coefficient (Wildman–Crippen LogP) is 3.19. The Morgan fingerprint density at radius 2 is 1.95 bits per heavy atom. The molecular formula is C17H27FN2O. The van der Waals surface area contributed by atoms with Crippen molar-refractivity contribution in [2.24, 2.45) is 11.3 Å². The van der Waals surface area contributed by atoms with E-state index in [9.17, 15) is 4.39 Å². The third-order valence-corrected chi connectivity index (χ3v) is 5.02. The number of ether oxygens (including phenoxy) is 1. The van der Waals surface area contributed by atoms with Crippen LogP contribution in [0.3, 0.4) is 0 Å². The summed E-state index contributed by atoms with van der Waals surface area (Å²) in [5.41, 5.74) is 3.95. The number of hydrogen-bond acceptors (Lipinski definition) is 3. The minimum atomic E-state index is -0.267. The number of hydrogen-bond donors (Lipinski definition) is 2. The molecule has 0 spiro atoms. The van der Waals surface area contributed by atoms with Gasteiger partial charge in [-0.2, -0.15) is 0 Å². The van der Waals surface area contributed by atoms with Crippen LogP contribution in [0.5, 0.6) is 0 Å². The quantitative estimate of drug-likeness (QED) is 0.647. The van der Waals surface area contributed by atoms with Crippen LogP contribution in [0.4, 0.5) is 4.39 Å². The Kier molecular flexibility index (Phi) is 5.02. The van der Waals surface area contributed by atoms with E-state index in [2.05, 4.69) is 19.3 Å². The standard InChI is InChI=1S/C17H27FN2O/c1-16(2)7-9-17(21-3,10-8-16)15(20-19)12-13-5-4-6-14(18)11-13/h4-6,11,15,20H,7-10,12,19H2,1-3H3. The van der Waals surface area contributed by atoms with E-state index >= 15 is 0 Å². The molecule has 3 N–H and O–H groups in total. The van der Waals surface area contributed by atoms with E-state index in [1.54, 1.807) is 19.2 Å². The molecule has 1 atom stereocenters. The van der Waals surface area contributed by atoms with Gasteiger partial charge in [0, 0.05) is 7.11 Å². The number of nitrogens with two attached hydrogens (primary N) is 1. The Bertz CT molecular complexity index is 466. The number of rotatable bonds is 5. The first-order chi connectivity index (χ1) is 9.91. The lowest BCUT2D eigenvalue weighted by molar-refractivity contribution is -0.0862. The number of methoxy groups -OCH3 is 1. The van der Waals surface area contributed by atoms with Gasteiger partial charge in [-0.25, -0.2) is 4.39 Å². The molecule has 0 aromatic heterocycles. The van der Waals surface area contributed by atoms with Gasteiger partial charge in [-0.3, -0.25) is 11.3 Å². The highest BCUT2D eigenvalue weighted by Crippen LogP contribution is 2.43. The molecule has 0 bridgehead atoms. The van der Waals surface area contributed by atoms with Crippen LogP contribution < -0.4 is 11.3 Å². The van der Waals surface area contributed by atoms with Crippen molar-refractivity contribution in [2.75, 3.05) is 7.11 Å². The lowest BCUT2D eigenvalue weighted by Gasteiger charge is -2.47. The summed E-state index contributed by atoms with van der Waals surface area (Å²) in [5, 5.41) is 0. The van der Waals surface area contributed by atoms with Crippen molar-refractivity contribution in [1.82, 2.24) is 5.43 Å². The van der Waals surface area contributed by atoms with Crippen molar-refractivity contribution in [1.29, 1.82) is 0 Å². The SMILES string of the molecule is COC1(C(Cc2cccc(F)c2)NN)CCC(C)(C)CC1. The summed E-state index contributed by atoms with van der Waals surface area (Å²) in [7, 11) is 1.76. The minimum absolute atomic E-state index is 0.0135. The zero-order valence-electron chi connectivity index (χ0n) is 13.3. The number of nitrogens with one attached hydrogen (secondary N) is 1. The Morgan fingerprint density at radius 3 is 2.48 bits per heavy atom. The van der Waals surface area contributed by atoms with Crippen LogP contribution in [-0.4, -0.2) is 18.8 Å². The maximum atomic E-state index is 13.4. The van der Waals surface area contributed by atoms with Crippen LogP contribution in [0.25, 0.3) is 0 Å². The molecule has 1 aliphatic rings. The van der Waals surface area contributed by atoms with E-state index in [4.69, 9.17) is 10.6 Å². The van der Waals surface area contributed by atoms with Gasteiger partial charge in [0.2, 0.25) is 0 Å². The van der Waals surface area contributed by atoms with Crippen LogP contribution in [0.2, 0.25) is 0 Å². The molecule has 118 valence electrons. The molecule has 0 saturated heterocycles. The summed E-state index contributed by atoms with van der Waals surface area (Å²) in [6.07, 6.45) is 4.84. The molecule has 1 unspecified atom stereocenters. The zero-order valence-corrected chi connectivity index (χ0v) is 13.3. The third-order valence-electron chi connectivity index (χ3n) is 5.02. The van der Waals surface area contributed by atoms with Gasteiger partial charge in [0.15, 0.2) is 0 Å². The molecular weight excluding hydrogens is 267 g/mol. The third kappa shape index (κ3) is 3.82. The second-order valence-electron chi connectivity index (χ2n) is 6.99. The van der Waals surface area contributed by atoms with Gasteiger partial charge >= 0.3 is 0 Å². The molecule has 3 nitrogen and oxygen atoms in total. The van der Waals surface area contributed by atoms with Gasteiger partial charge < -0.3 is 4.74 Å². The molecule has 4 heteroatoms. The van der Waals surface area contributed by atoms with E-state index < -0.39 is 0 Å². The van der Waals surface area contributed by atoms with Gasteiger partial charge in [-0.15, -0.1) is 0 Å². The van der Waals surface area contributed by atoms with Crippen molar-refractivity contribution in [3.05, 3.63) is 35.6 Å². The first-order valence-electron chi connectivity index (χ1n) is 7.66. The van der Waals surface area contributed by atoms with Crippen molar-refractivity contribution < 1.29 is 9.13 Å². The summed E-state index contributed by atoms with van der Waals surface area (Å²) in [6.45, 7) is 4.59. The van der Waals surface area contributed by atoms with Gasteiger partial charge in [0.05, 0.1) is 11.6 Å². The van der Waals surface area contributed by atoms with Gasteiger partial charge in [-0.1, -0.05) is 26.0 Å². The Labute approximate surface area is 127 Å². The topological polar surface area (TPSA) is 47.3 Å². The van der Waals surface area contributed by atoms with Gasteiger partial charge in [-0.05, 0) is 55.2 Å². The van der Waals surface area contributed by atoms with Crippen LogP contribution in [-0.2, 0) is 11.2 Å². The largest absolute Gasteiger partial charge is 0.377 e. The molecule has 0 heterocycles. The van der Waals surface area contributed by atoms with Crippen molar-refractivity contribution in [3.8, 4) is 0 Å². The highest BCUT2D eigenvalue weighted by molar-refractivity contribution is 5.19. The highest BCUT2D eigenvalue weighted by Gasteiger charge is 2.43. The van der Waals surface area contributed by atoms with E-state index in [-0.39, 0.29) is 17.5 Å². The minimum Gasteiger partial charge on any atom is -0.377 e. The Morgan fingerprint density at radius 1 is 1.29 bits per heavy atom. The smallest absolute Gasteiger partial charge is 0.123 e. The molecule has 1 fully saturated rings. The molecule has 0 aliphatic heterocycles. The number of hydrazine groups is 1. The van der Waals surface area contributed by atoms with Crippen LogP contribution >= 0.6 is 0 Å². The summed E-state index contributed by atoms with van der Waals surface area (Å²) >= 11 is 0. The normalized spacial score (nSPS) is 22.0. The Balaban J connectivity index is 2.14.